The van der Waals surface area contributed by atoms with Gasteiger partial charge in [-0.15, -0.1) is 0 Å². The third-order valence-corrected chi connectivity index (χ3v) is 5.15. The maximum atomic E-state index is 13.1. The molecule has 0 aliphatic rings. The van der Waals surface area contributed by atoms with Gasteiger partial charge in [-0.25, -0.2) is 4.98 Å². The van der Waals surface area contributed by atoms with Gasteiger partial charge in [-0.2, -0.15) is 26.3 Å². The van der Waals surface area contributed by atoms with Crippen LogP contribution < -0.4 is 4.90 Å². The van der Waals surface area contributed by atoms with E-state index in [1.165, 1.54) is 31.2 Å². The van der Waals surface area contributed by atoms with E-state index in [0.29, 0.717) is 34.9 Å². The summed E-state index contributed by atoms with van der Waals surface area (Å²) in [5.74, 6) is -0.0880. The minimum Gasteiger partial charge on any atom is -0.461 e. The van der Waals surface area contributed by atoms with Gasteiger partial charge in [-0.05, 0) is 60.0 Å². The van der Waals surface area contributed by atoms with E-state index >= 15 is 0 Å². The minimum absolute atomic E-state index is 0.0840. The van der Waals surface area contributed by atoms with Crippen LogP contribution in [-0.2, 0) is 28.5 Å². The Balaban J connectivity index is 2.10. The number of alkyl halides is 6. The maximum Gasteiger partial charge on any atom is 0.416 e. The van der Waals surface area contributed by atoms with Crippen molar-refractivity contribution < 1.29 is 35.9 Å². The molecule has 0 saturated heterocycles. The number of anilines is 2. The van der Waals surface area contributed by atoms with Crippen LogP contribution >= 0.6 is 0 Å². The number of carbonyl (C=O) groups is 1. The summed E-state index contributed by atoms with van der Waals surface area (Å²) >= 11 is 0. The number of halogens is 6. The fourth-order valence-electron chi connectivity index (χ4n) is 3.48. The summed E-state index contributed by atoms with van der Waals surface area (Å²) in [6.07, 6.45) is -8.98. The van der Waals surface area contributed by atoms with Gasteiger partial charge in [0, 0.05) is 24.7 Å². The lowest BCUT2D eigenvalue weighted by atomic mass is 10.1. The van der Waals surface area contributed by atoms with Crippen molar-refractivity contribution in [2.24, 2.45) is 5.92 Å². The molecule has 3 aromatic rings. The van der Waals surface area contributed by atoms with E-state index < -0.39 is 29.4 Å². The Morgan fingerprint density at radius 2 is 1.42 bits per heavy atom. The zero-order valence-electron chi connectivity index (χ0n) is 19.7. The summed E-state index contributed by atoms with van der Waals surface area (Å²) in [7, 11) is 0. The molecule has 2 aromatic carbocycles. The normalized spacial score (nSPS) is 12.1. The number of pyridine rings is 1. The van der Waals surface area contributed by atoms with Crippen LogP contribution in [0.5, 0.6) is 0 Å². The average molecular weight is 510 g/mol. The third kappa shape index (κ3) is 6.99. The summed E-state index contributed by atoms with van der Waals surface area (Å²) in [5.41, 5.74) is 0.0827. The number of ether oxygens (including phenoxy) is 1. The molecule has 3 rings (SSSR count). The first-order valence-electron chi connectivity index (χ1n) is 11.0. The van der Waals surface area contributed by atoms with E-state index in [4.69, 9.17) is 4.74 Å². The fraction of sp³-hybridized carbons (Fsp3) is 0.308. The summed E-state index contributed by atoms with van der Waals surface area (Å²) in [4.78, 5) is 17.7. The molecular weight excluding hydrogens is 486 g/mol. The third-order valence-electron chi connectivity index (χ3n) is 5.15. The highest BCUT2D eigenvalue weighted by Crippen LogP contribution is 2.35. The van der Waals surface area contributed by atoms with E-state index in [-0.39, 0.29) is 12.5 Å². The molecule has 0 fully saturated rings. The van der Waals surface area contributed by atoms with Crippen LogP contribution in [0.2, 0.25) is 0 Å². The molecule has 0 unspecified atom stereocenters. The lowest BCUT2D eigenvalue weighted by Gasteiger charge is -2.27. The largest absolute Gasteiger partial charge is 0.461 e. The predicted molar refractivity (Wildman–Crippen MR) is 123 cm³/mol. The Bertz CT molecular complexity index is 1190. The molecule has 36 heavy (non-hydrogen) atoms. The van der Waals surface area contributed by atoms with E-state index in [1.54, 1.807) is 17.0 Å². The molecule has 0 amide bonds. The van der Waals surface area contributed by atoms with Gasteiger partial charge in [-0.3, -0.25) is 4.79 Å². The number of aromatic nitrogens is 1. The van der Waals surface area contributed by atoms with E-state index in [9.17, 15) is 31.1 Å². The molecule has 1 aromatic heterocycles. The minimum atomic E-state index is -4.50. The molecule has 0 atom stereocenters. The van der Waals surface area contributed by atoms with Crippen molar-refractivity contribution in [2.75, 3.05) is 11.4 Å². The van der Waals surface area contributed by atoms with Crippen molar-refractivity contribution in [2.45, 2.75) is 39.7 Å². The summed E-state index contributed by atoms with van der Waals surface area (Å²) in [6, 6.07) is 12.3. The second-order valence-corrected chi connectivity index (χ2v) is 8.62. The van der Waals surface area contributed by atoms with Crippen LogP contribution in [0, 0.1) is 5.92 Å². The van der Waals surface area contributed by atoms with Crippen LogP contribution in [0.25, 0.3) is 11.3 Å². The number of benzene rings is 2. The Morgan fingerprint density at radius 3 is 1.89 bits per heavy atom. The van der Waals surface area contributed by atoms with Crippen LogP contribution in [0.1, 0.15) is 37.5 Å². The standard InChI is InChI=1S/C26H24F6N2O2/c1-16(2)14-34(22-10-8-21(9-11-22)26(30,31)32)24-13-18(15-36-17(3)35)12-23(33-24)19-4-6-20(7-5-19)25(27,28)29/h4-13,16H,14-15H2,1-3H3. The zero-order chi connectivity index (χ0) is 26.7. The van der Waals surface area contributed by atoms with Gasteiger partial charge in [0.25, 0.3) is 0 Å². The lowest BCUT2D eigenvalue weighted by molar-refractivity contribution is -0.142. The van der Waals surface area contributed by atoms with Crippen LogP contribution in [-0.4, -0.2) is 17.5 Å². The van der Waals surface area contributed by atoms with E-state index in [0.717, 1.165) is 24.3 Å². The van der Waals surface area contributed by atoms with Gasteiger partial charge < -0.3 is 9.64 Å². The second-order valence-electron chi connectivity index (χ2n) is 8.62. The van der Waals surface area contributed by atoms with Gasteiger partial charge in [-0.1, -0.05) is 26.0 Å². The molecule has 0 radical (unpaired) electrons. The second kappa shape index (κ2) is 10.6. The highest BCUT2D eigenvalue weighted by Gasteiger charge is 2.31. The Kier molecular flexibility index (Phi) is 7.96. The SMILES string of the molecule is CC(=O)OCc1cc(-c2ccc(C(F)(F)F)cc2)nc(N(CC(C)C)c2ccc(C(F)(F)F)cc2)c1. The fourth-order valence-corrected chi connectivity index (χ4v) is 3.48. The molecule has 0 aliphatic heterocycles. The first-order chi connectivity index (χ1) is 16.7. The number of carbonyl (C=O) groups excluding carboxylic acids is 1. The quantitative estimate of drug-likeness (QED) is 0.242. The molecule has 0 saturated carbocycles. The number of rotatable bonds is 7. The van der Waals surface area contributed by atoms with Crippen molar-refractivity contribution in [3.05, 3.63) is 77.4 Å². The van der Waals surface area contributed by atoms with Crippen molar-refractivity contribution in [1.82, 2.24) is 4.98 Å². The lowest BCUT2D eigenvalue weighted by Crippen LogP contribution is -2.24. The molecule has 0 spiro atoms. The number of hydrogen-bond donors (Lipinski definition) is 0. The molecule has 192 valence electrons. The van der Waals surface area contributed by atoms with Gasteiger partial charge in [0.15, 0.2) is 0 Å². The van der Waals surface area contributed by atoms with Crippen LogP contribution in [0.15, 0.2) is 60.7 Å². The number of esters is 1. The summed E-state index contributed by atoms with van der Waals surface area (Å²) in [6.45, 7) is 5.38. The Morgan fingerprint density at radius 1 is 0.889 bits per heavy atom. The van der Waals surface area contributed by atoms with Crippen molar-refractivity contribution in [1.29, 1.82) is 0 Å². The summed E-state index contributed by atoms with van der Waals surface area (Å²) < 4.78 is 83.3. The first-order valence-corrected chi connectivity index (χ1v) is 11.0. The van der Waals surface area contributed by atoms with Gasteiger partial charge in [0.1, 0.15) is 12.4 Å². The highest BCUT2D eigenvalue weighted by molar-refractivity contribution is 5.68. The molecular formula is C26H24F6N2O2. The molecule has 0 N–H and O–H groups in total. The molecule has 1 heterocycles. The predicted octanol–water partition coefficient (Wildman–Crippen LogP) is 7.64. The van der Waals surface area contributed by atoms with Crippen molar-refractivity contribution in [3.8, 4) is 11.3 Å². The molecule has 4 nitrogen and oxygen atoms in total. The van der Waals surface area contributed by atoms with Gasteiger partial charge >= 0.3 is 18.3 Å². The summed E-state index contributed by atoms with van der Waals surface area (Å²) in [5, 5.41) is 0. The number of hydrogen-bond acceptors (Lipinski definition) is 4. The zero-order valence-corrected chi connectivity index (χ0v) is 19.7. The van der Waals surface area contributed by atoms with Crippen molar-refractivity contribution >= 4 is 17.5 Å². The monoisotopic (exact) mass is 510 g/mol. The number of nitrogens with zero attached hydrogens (tertiary/aromatic N) is 2. The molecule has 0 aliphatic carbocycles. The first kappa shape index (κ1) is 27.0. The smallest absolute Gasteiger partial charge is 0.416 e. The van der Waals surface area contributed by atoms with E-state index in [1.807, 2.05) is 13.8 Å². The van der Waals surface area contributed by atoms with E-state index in [2.05, 4.69) is 4.98 Å². The van der Waals surface area contributed by atoms with Gasteiger partial charge in [0.05, 0.1) is 16.8 Å². The Hall–Kier alpha value is -3.56. The molecule has 0 bridgehead atoms. The topological polar surface area (TPSA) is 42.4 Å². The Labute approximate surface area is 204 Å². The molecule has 10 heteroatoms. The average Bonchev–Trinajstić information content (AvgIpc) is 2.80. The maximum absolute atomic E-state index is 13.1. The highest BCUT2D eigenvalue weighted by atomic mass is 19.4. The van der Waals surface area contributed by atoms with Gasteiger partial charge in [0.2, 0.25) is 0 Å². The van der Waals surface area contributed by atoms with Crippen LogP contribution in [0.4, 0.5) is 37.8 Å². The van der Waals surface area contributed by atoms with Crippen LogP contribution in [0.3, 0.4) is 0 Å². The van der Waals surface area contributed by atoms with Crippen molar-refractivity contribution in [3.63, 3.8) is 0 Å².